The predicted octanol–water partition coefficient (Wildman–Crippen LogP) is 2.40. The number of rotatable bonds is 5. The maximum atomic E-state index is 9.66. The normalized spacial score (nSPS) is 12.4. The number of nitrogens with zero attached hydrogens (tertiary/aromatic N) is 2. The molecule has 0 aliphatic carbocycles. The van der Waals surface area contributed by atoms with Crippen molar-refractivity contribution in [1.29, 1.82) is 0 Å². The van der Waals surface area contributed by atoms with Gasteiger partial charge in [0.15, 0.2) is 6.61 Å². The largest absolute Gasteiger partial charge is 0.485 e. The first kappa shape index (κ1) is 12.6. The zero-order valence-electron chi connectivity index (χ0n) is 10.5. The van der Waals surface area contributed by atoms with Crippen LogP contribution in [0.25, 0.3) is 0 Å². The molecule has 5 heteroatoms. The second-order valence-corrected chi connectivity index (χ2v) is 4.01. The Morgan fingerprint density at radius 3 is 2.61 bits per heavy atom. The van der Waals surface area contributed by atoms with Gasteiger partial charge in [-0.25, -0.2) is 0 Å². The smallest absolute Gasteiger partial charge is 0.223 e. The third-order valence-corrected chi connectivity index (χ3v) is 2.59. The van der Waals surface area contributed by atoms with Crippen molar-refractivity contribution in [3.63, 3.8) is 0 Å². The zero-order valence-corrected chi connectivity index (χ0v) is 10.5. The van der Waals surface area contributed by atoms with Crippen LogP contribution < -0.4 is 4.74 Å². The quantitative estimate of drug-likeness (QED) is 0.879. The Labute approximate surface area is 105 Å². The molecule has 0 spiro atoms. The summed E-state index contributed by atoms with van der Waals surface area (Å²) in [5.41, 5.74) is 0.889. The van der Waals surface area contributed by atoms with E-state index in [9.17, 15) is 5.11 Å². The monoisotopic (exact) mass is 248 g/mol. The molecule has 0 fully saturated rings. The summed E-state index contributed by atoms with van der Waals surface area (Å²) >= 11 is 0. The molecule has 2 rings (SSSR count). The van der Waals surface area contributed by atoms with Gasteiger partial charge in [-0.3, -0.25) is 0 Å². The topological polar surface area (TPSA) is 68.4 Å². The number of aliphatic hydroxyl groups is 1. The van der Waals surface area contributed by atoms with Gasteiger partial charge in [0, 0.05) is 6.92 Å². The molecule has 0 amide bonds. The van der Waals surface area contributed by atoms with Crippen molar-refractivity contribution in [1.82, 2.24) is 10.1 Å². The second kappa shape index (κ2) is 5.64. The van der Waals surface area contributed by atoms with E-state index in [4.69, 9.17) is 9.26 Å². The van der Waals surface area contributed by atoms with Crippen molar-refractivity contribution in [3.05, 3.63) is 41.5 Å². The molecular formula is C13H16N2O3. The number of benzene rings is 1. The van der Waals surface area contributed by atoms with Crippen LogP contribution in [0.15, 0.2) is 28.8 Å². The molecule has 96 valence electrons. The molecule has 1 N–H and O–H groups in total. The molecule has 2 aromatic rings. The van der Waals surface area contributed by atoms with E-state index in [1.165, 1.54) is 0 Å². The maximum Gasteiger partial charge on any atom is 0.223 e. The summed E-state index contributed by atoms with van der Waals surface area (Å²) in [5, 5.41) is 13.4. The van der Waals surface area contributed by atoms with E-state index in [0.29, 0.717) is 23.9 Å². The Bertz CT molecular complexity index is 493. The van der Waals surface area contributed by atoms with E-state index in [0.717, 1.165) is 5.56 Å². The van der Waals surface area contributed by atoms with E-state index < -0.39 is 6.10 Å². The van der Waals surface area contributed by atoms with Crippen molar-refractivity contribution >= 4 is 0 Å². The van der Waals surface area contributed by atoms with Crippen LogP contribution in [0, 0.1) is 6.92 Å². The van der Waals surface area contributed by atoms with Gasteiger partial charge in [-0.05, 0) is 24.1 Å². The average Bonchev–Trinajstić information content (AvgIpc) is 2.82. The fourth-order valence-corrected chi connectivity index (χ4v) is 1.57. The van der Waals surface area contributed by atoms with Gasteiger partial charge in [0.25, 0.3) is 0 Å². The van der Waals surface area contributed by atoms with Gasteiger partial charge in [-0.15, -0.1) is 0 Å². The first-order valence-electron chi connectivity index (χ1n) is 5.89. The fraction of sp³-hybridized carbons (Fsp3) is 0.385. The van der Waals surface area contributed by atoms with E-state index in [1.54, 1.807) is 6.92 Å². The first-order valence-corrected chi connectivity index (χ1v) is 5.89. The fourth-order valence-electron chi connectivity index (χ4n) is 1.57. The maximum absolute atomic E-state index is 9.66. The van der Waals surface area contributed by atoms with Crippen molar-refractivity contribution < 1.29 is 14.4 Å². The molecule has 1 heterocycles. The molecule has 0 unspecified atom stereocenters. The lowest BCUT2D eigenvalue weighted by atomic mass is 10.1. The lowest BCUT2D eigenvalue weighted by molar-refractivity contribution is 0.173. The van der Waals surface area contributed by atoms with Crippen LogP contribution in [0.4, 0.5) is 0 Å². The molecule has 0 bridgehead atoms. The lowest BCUT2D eigenvalue weighted by Crippen LogP contribution is -1.99. The predicted molar refractivity (Wildman–Crippen MR) is 65.1 cm³/mol. The molecule has 5 nitrogen and oxygen atoms in total. The van der Waals surface area contributed by atoms with Crippen LogP contribution in [-0.2, 0) is 6.61 Å². The minimum Gasteiger partial charge on any atom is -0.485 e. The van der Waals surface area contributed by atoms with Gasteiger partial charge < -0.3 is 14.4 Å². The van der Waals surface area contributed by atoms with Gasteiger partial charge in [0.05, 0.1) is 6.10 Å². The molecule has 1 aromatic heterocycles. The Kier molecular flexibility index (Phi) is 3.94. The number of aromatic nitrogens is 2. The molecule has 0 aliphatic heterocycles. The highest BCUT2D eigenvalue weighted by Gasteiger charge is 2.06. The van der Waals surface area contributed by atoms with Crippen LogP contribution in [0.3, 0.4) is 0 Å². The van der Waals surface area contributed by atoms with Gasteiger partial charge in [0.2, 0.25) is 11.7 Å². The molecule has 0 saturated carbocycles. The molecule has 1 atom stereocenters. The van der Waals surface area contributed by atoms with Crippen LogP contribution in [0.5, 0.6) is 5.75 Å². The van der Waals surface area contributed by atoms with E-state index >= 15 is 0 Å². The molecule has 0 saturated heterocycles. The highest BCUT2D eigenvalue weighted by atomic mass is 16.5. The highest BCUT2D eigenvalue weighted by molar-refractivity contribution is 5.28. The lowest BCUT2D eigenvalue weighted by Gasteiger charge is -2.09. The molecule has 0 radical (unpaired) electrons. The molecule has 0 aliphatic rings. The summed E-state index contributed by atoms with van der Waals surface area (Å²) in [4.78, 5) is 4.04. The summed E-state index contributed by atoms with van der Waals surface area (Å²) in [7, 11) is 0. The van der Waals surface area contributed by atoms with E-state index in [2.05, 4.69) is 10.1 Å². The molecule has 18 heavy (non-hydrogen) atoms. The Morgan fingerprint density at radius 2 is 2.06 bits per heavy atom. The number of aliphatic hydroxyl groups excluding tert-OH is 1. The van der Waals surface area contributed by atoms with Crippen molar-refractivity contribution in [3.8, 4) is 5.75 Å². The van der Waals surface area contributed by atoms with Gasteiger partial charge in [-0.2, -0.15) is 4.98 Å². The van der Waals surface area contributed by atoms with E-state index in [-0.39, 0.29) is 6.61 Å². The molecule has 1 aromatic carbocycles. The Balaban J connectivity index is 1.94. The number of ether oxygens (including phenoxy) is 1. The Hall–Kier alpha value is -1.88. The Morgan fingerprint density at radius 1 is 1.33 bits per heavy atom. The third-order valence-electron chi connectivity index (χ3n) is 2.59. The summed E-state index contributed by atoms with van der Waals surface area (Å²) < 4.78 is 10.4. The van der Waals surface area contributed by atoms with E-state index in [1.807, 2.05) is 31.2 Å². The SMILES string of the molecule is CC[C@H](O)c1ccc(OCc2noc(C)n2)cc1. The number of aryl methyl sites for hydroxylation is 1. The van der Waals surface area contributed by atoms with Crippen LogP contribution in [-0.4, -0.2) is 15.2 Å². The van der Waals surface area contributed by atoms with Crippen molar-refractivity contribution in [2.24, 2.45) is 0 Å². The van der Waals surface area contributed by atoms with Crippen molar-refractivity contribution in [2.45, 2.75) is 33.0 Å². The zero-order chi connectivity index (χ0) is 13.0. The van der Waals surface area contributed by atoms with Gasteiger partial charge in [0.1, 0.15) is 5.75 Å². The number of hydrogen-bond acceptors (Lipinski definition) is 5. The third kappa shape index (κ3) is 3.07. The van der Waals surface area contributed by atoms with Gasteiger partial charge >= 0.3 is 0 Å². The minimum absolute atomic E-state index is 0.271. The first-order chi connectivity index (χ1) is 8.69. The second-order valence-electron chi connectivity index (χ2n) is 4.01. The summed E-state index contributed by atoms with van der Waals surface area (Å²) in [6.45, 7) is 3.94. The van der Waals surface area contributed by atoms with Gasteiger partial charge in [-0.1, -0.05) is 24.2 Å². The molecular weight excluding hydrogens is 232 g/mol. The number of hydrogen-bond donors (Lipinski definition) is 1. The summed E-state index contributed by atoms with van der Waals surface area (Å²) in [5.74, 6) is 1.75. The average molecular weight is 248 g/mol. The highest BCUT2D eigenvalue weighted by Crippen LogP contribution is 2.20. The van der Waals surface area contributed by atoms with Crippen molar-refractivity contribution in [2.75, 3.05) is 0 Å². The summed E-state index contributed by atoms with van der Waals surface area (Å²) in [6, 6.07) is 7.35. The minimum atomic E-state index is -0.418. The standard InChI is InChI=1S/C13H16N2O3/c1-3-12(16)10-4-6-11(7-5-10)17-8-13-14-9(2)18-15-13/h4-7,12,16H,3,8H2,1-2H3/t12-/m0/s1. The van der Waals surface area contributed by atoms with Crippen LogP contribution in [0.2, 0.25) is 0 Å². The van der Waals surface area contributed by atoms with Crippen LogP contribution >= 0.6 is 0 Å². The van der Waals surface area contributed by atoms with Crippen LogP contribution in [0.1, 0.15) is 36.7 Å². The summed E-state index contributed by atoms with van der Waals surface area (Å²) in [6.07, 6.45) is 0.279.